The van der Waals surface area contributed by atoms with E-state index in [-0.39, 0.29) is 18.2 Å². The minimum Gasteiger partial charge on any atom is -0.496 e. The Labute approximate surface area is 168 Å². The van der Waals surface area contributed by atoms with Crippen LogP contribution in [0.4, 0.5) is 11.5 Å². The zero-order chi connectivity index (χ0) is 20.5. The van der Waals surface area contributed by atoms with Crippen LogP contribution < -0.4 is 15.4 Å². The molecule has 1 aliphatic rings. The molecule has 0 spiro atoms. The number of rotatable bonds is 4. The lowest BCUT2D eigenvalue weighted by Gasteiger charge is -2.25. The summed E-state index contributed by atoms with van der Waals surface area (Å²) < 4.78 is 7.01. The number of hydrogen-bond acceptors (Lipinski definition) is 4. The molecular formula is C22H22N4O3. The Kier molecular flexibility index (Phi) is 4.80. The molecule has 0 radical (unpaired) electrons. The summed E-state index contributed by atoms with van der Waals surface area (Å²) in [5.74, 6) is 0.656. The summed E-state index contributed by atoms with van der Waals surface area (Å²) in [4.78, 5) is 25.4. The Balaban J connectivity index is 1.69. The third-order valence-electron chi connectivity index (χ3n) is 5.07. The quantitative estimate of drug-likeness (QED) is 0.711. The lowest BCUT2D eigenvalue weighted by molar-refractivity contribution is -0.125. The number of nitrogens with zero attached hydrogens (tertiary/aromatic N) is 2. The van der Waals surface area contributed by atoms with Gasteiger partial charge in [-0.2, -0.15) is 5.10 Å². The van der Waals surface area contributed by atoms with E-state index in [1.54, 1.807) is 18.0 Å². The van der Waals surface area contributed by atoms with Crippen LogP contribution in [0.3, 0.4) is 0 Å². The summed E-state index contributed by atoms with van der Waals surface area (Å²) in [5.41, 5.74) is 4.32. The summed E-state index contributed by atoms with van der Waals surface area (Å²) in [6, 6.07) is 12.6. The van der Waals surface area contributed by atoms with E-state index in [1.165, 1.54) is 0 Å². The van der Waals surface area contributed by atoms with Crippen molar-refractivity contribution in [1.82, 2.24) is 9.78 Å². The van der Waals surface area contributed by atoms with Crippen LogP contribution in [-0.4, -0.2) is 28.7 Å². The maximum Gasteiger partial charge on any atom is 0.249 e. The molecule has 148 valence electrons. The maximum absolute atomic E-state index is 13.0. The van der Waals surface area contributed by atoms with E-state index < -0.39 is 6.04 Å². The molecule has 1 aromatic heterocycles. The Morgan fingerprint density at radius 2 is 2.00 bits per heavy atom. The number of para-hydroxylation sites is 1. The second kappa shape index (κ2) is 7.43. The van der Waals surface area contributed by atoms with Crippen LogP contribution in [0.15, 0.2) is 48.7 Å². The van der Waals surface area contributed by atoms with Crippen LogP contribution in [0.5, 0.6) is 5.75 Å². The fraction of sp³-hybridized carbons (Fsp3) is 0.227. The first-order valence-electron chi connectivity index (χ1n) is 9.37. The van der Waals surface area contributed by atoms with Gasteiger partial charge in [0.1, 0.15) is 17.6 Å². The van der Waals surface area contributed by atoms with Crippen LogP contribution in [0.2, 0.25) is 0 Å². The first-order chi connectivity index (χ1) is 14.0. The molecule has 0 saturated heterocycles. The molecule has 3 aromatic rings. The summed E-state index contributed by atoms with van der Waals surface area (Å²) in [6.07, 6.45) is 1.67. The third-order valence-corrected chi connectivity index (χ3v) is 5.07. The predicted octanol–water partition coefficient (Wildman–Crippen LogP) is 3.70. The summed E-state index contributed by atoms with van der Waals surface area (Å²) >= 11 is 0. The number of amides is 2. The molecule has 7 heteroatoms. The minimum absolute atomic E-state index is 0.0246. The van der Waals surface area contributed by atoms with Crippen LogP contribution >= 0.6 is 0 Å². The van der Waals surface area contributed by atoms with Gasteiger partial charge in [0.25, 0.3) is 0 Å². The summed E-state index contributed by atoms with van der Waals surface area (Å²) in [6.45, 7) is 3.94. The van der Waals surface area contributed by atoms with Crippen LogP contribution in [0.25, 0.3) is 11.1 Å². The highest BCUT2D eigenvalue weighted by Crippen LogP contribution is 2.38. The van der Waals surface area contributed by atoms with Crippen LogP contribution in [0.1, 0.15) is 23.6 Å². The van der Waals surface area contributed by atoms with Crippen molar-refractivity contribution in [2.75, 3.05) is 17.7 Å². The number of benzene rings is 2. The molecule has 29 heavy (non-hydrogen) atoms. The molecule has 0 aliphatic carbocycles. The predicted molar refractivity (Wildman–Crippen MR) is 111 cm³/mol. The molecule has 2 amide bonds. The molecule has 2 N–H and O–H groups in total. The topological polar surface area (TPSA) is 85.2 Å². The number of fused-ring (bicyclic) bond motifs is 1. The van der Waals surface area contributed by atoms with Gasteiger partial charge in [0, 0.05) is 16.8 Å². The zero-order valence-corrected chi connectivity index (χ0v) is 16.5. The molecule has 1 atom stereocenters. The van der Waals surface area contributed by atoms with Crippen molar-refractivity contribution in [1.29, 1.82) is 0 Å². The lowest BCUT2D eigenvalue weighted by Crippen LogP contribution is -2.36. The fourth-order valence-electron chi connectivity index (χ4n) is 3.61. The van der Waals surface area contributed by atoms with Crippen LogP contribution in [0, 0.1) is 13.8 Å². The van der Waals surface area contributed by atoms with Crippen LogP contribution in [-0.2, 0) is 9.59 Å². The lowest BCUT2D eigenvalue weighted by atomic mass is 10.0. The monoisotopic (exact) mass is 390 g/mol. The highest BCUT2D eigenvalue weighted by atomic mass is 16.5. The van der Waals surface area contributed by atoms with Gasteiger partial charge < -0.3 is 15.4 Å². The molecule has 0 bridgehead atoms. The fourth-order valence-corrected chi connectivity index (χ4v) is 3.61. The second-order valence-corrected chi connectivity index (χ2v) is 7.13. The molecule has 2 aromatic carbocycles. The van der Waals surface area contributed by atoms with E-state index in [4.69, 9.17) is 4.74 Å². The van der Waals surface area contributed by atoms with Gasteiger partial charge >= 0.3 is 0 Å². The number of hydrogen-bond donors (Lipinski definition) is 2. The summed E-state index contributed by atoms with van der Waals surface area (Å²) in [5, 5.41) is 10.2. The van der Waals surface area contributed by atoms with Gasteiger partial charge in [-0.1, -0.05) is 35.9 Å². The number of anilines is 2. The van der Waals surface area contributed by atoms with Crippen molar-refractivity contribution in [3.05, 3.63) is 59.8 Å². The van der Waals surface area contributed by atoms with E-state index in [0.29, 0.717) is 17.1 Å². The number of aryl methyl sites for hydroxylation is 2. The van der Waals surface area contributed by atoms with Crippen molar-refractivity contribution in [2.24, 2.45) is 0 Å². The average molecular weight is 390 g/mol. The second-order valence-electron chi connectivity index (χ2n) is 7.13. The Bertz CT molecular complexity index is 1100. The highest BCUT2D eigenvalue weighted by molar-refractivity contribution is 6.03. The third kappa shape index (κ3) is 3.47. The van der Waals surface area contributed by atoms with E-state index >= 15 is 0 Å². The average Bonchev–Trinajstić information content (AvgIpc) is 3.12. The molecule has 4 rings (SSSR count). The van der Waals surface area contributed by atoms with Crippen molar-refractivity contribution in [2.45, 2.75) is 26.3 Å². The number of aromatic nitrogens is 2. The van der Waals surface area contributed by atoms with Gasteiger partial charge in [-0.25, -0.2) is 4.68 Å². The van der Waals surface area contributed by atoms with E-state index in [1.807, 2.05) is 56.3 Å². The first-order valence-corrected chi connectivity index (χ1v) is 9.37. The maximum atomic E-state index is 13.0. The molecule has 7 nitrogen and oxygen atoms in total. The van der Waals surface area contributed by atoms with Gasteiger partial charge in [0.15, 0.2) is 0 Å². The minimum atomic E-state index is -0.733. The Hall–Kier alpha value is -3.61. The number of methoxy groups -OCH3 is 1. The molecule has 0 saturated carbocycles. The molecule has 0 unspecified atom stereocenters. The van der Waals surface area contributed by atoms with Crippen molar-refractivity contribution in [3.8, 4) is 16.9 Å². The molecule has 0 fully saturated rings. The summed E-state index contributed by atoms with van der Waals surface area (Å²) in [7, 11) is 1.59. The van der Waals surface area contributed by atoms with Crippen molar-refractivity contribution < 1.29 is 14.3 Å². The van der Waals surface area contributed by atoms with Gasteiger partial charge in [0.05, 0.1) is 19.7 Å². The highest BCUT2D eigenvalue weighted by Gasteiger charge is 2.33. The Morgan fingerprint density at radius 1 is 1.21 bits per heavy atom. The van der Waals surface area contributed by atoms with Gasteiger partial charge in [0.2, 0.25) is 11.8 Å². The molecule has 2 heterocycles. The molecular weight excluding hydrogens is 368 g/mol. The van der Waals surface area contributed by atoms with Crippen molar-refractivity contribution in [3.63, 3.8) is 0 Å². The van der Waals surface area contributed by atoms with Crippen molar-refractivity contribution >= 4 is 23.3 Å². The van der Waals surface area contributed by atoms with Gasteiger partial charge in [-0.15, -0.1) is 0 Å². The normalized spacial score (nSPS) is 15.4. The van der Waals surface area contributed by atoms with E-state index in [2.05, 4.69) is 15.7 Å². The SMILES string of the molecule is COc1ccccc1-c1cnn2c1NC(=O)C[C@H]2C(=O)Nc1ccc(C)cc1C. The first kappa shape index (κ1) is 18.7. The zero-order valence-electron chi connectivity index (χ0n) is 16.5. The number of nitrogens with one attached hydrogen (secondary N) is 2. The number of carbonyl (C=O) groups excluding carboxylic acids is 2. The molecule has 1 aliphatic heterocycles. The largest absolute Gasteiger partial charge is 0.496 e. The van der Waals surface area contributed by atoms with E-state index in [9.17, 15) is 9.59 Å². The van der Waals surface area contributed by atoms with Gasteiger partial charge in [-0.3, -0.25) is 9.59 Å². The number of ether oxygens (including phenoxy) is 1. The number of carbonyl (C=O) groups is 2. The smallest absolute Gasteiger partial charge is 0.249 e. The van der Waals surface area contributed by atoms with Gasteiger partial charge in [-0.05, 0) is 31.5 Å². The standard InChI is InChI=1S/C22H22N4O3/c1-13-8-9-17(14(2)10-13)24-22(28)18-11-20(27)25-21-16(12-23-26(18)21)15-6-4-5-7-19(15)29-3/h4-10,12,18H,11H2,1-3H3,(H,24,28)(H,25,27)/t18-/m0/s1. The van der Waals surface area contributed by atoms with E-state index in [0.717, 1.165) is 22.4 Å². The Morgan fingerprint density at radius 3 is 2.76 bits per heavy atom.